The Morgan fingerprint density at radius 1 is 0.838 bits per heavy atom. The third kappa shape index (κ3) is 5.73. The molecule has 5 aliphatic rings. The molecule has 0 unspecified atom stereocenters. The average molecular weight is 517 g/mol. The van der Waals surface area contributed by atoms with Crippen molar-refractivity contribution < 1.29 is 33.2 Å². The van der Waals surface area contributed by atoms with Gasteiger partial charge in [-0.15, -0.1) is 0 Å². The molecule has 7 heteroatoms. The van der Waals surface area contributed by atoms with Crippen LogP contribution in [0.15, 0.2) is 24.3 Å². The van der Waals surface area contributed by atoms with Crippen LogP contribution in [0, 0.1) is 5.92 Å². The molecular formula is C30H44O7. The van der Waals surface area contributed by atoms with E-state index >= 15 is 0 Å². The summed E-state index contributed by atoms with van der Waals surface area (Å²) in [5.74, 6) is 0.557. The van der Waals surface area contributed by atoms with Gasteiger partial charge < -0.3 is 33.2 Å². The van der Waals surface area contributed by atoms with Gasteiger partial charge in [0.25, 0.3) is 0 Å². The van der Waals surface area contributed by atoms with Gasteiger partial charge in [0.15, 0.2) is 17.9 Å². The van der Waals surface area contributed by atoms with Gasteiger partial charge in [-0.3, -0.25) is 0 Å². The molecule has 0 radical (unpaired) electrons. The summed E-state index contributed by atoms with van der Waals surface area (Å²) < 4.78 is 44.9. The molecule has 1 aromatic carbocycles. The highest BCUT2D eigenvalue weighted by molar-refractivity contribution is 5.27. The molecule has 5 atom stereocenters. The van der Waals surface area contributed by atoms with E-state index in [1.54, 1.807) is 0 Å². The van der Waals surface area contributed by atoms with Crippen LogP contribution in [0.1, 0.15) is 90.0 Å². The quantitative estimate of drug-likeness (QED) is 0.428. The fraction of sp³-hybridized carbons (Fsp3) is 0.800. The zero-order valence-electron chi connectivity index (χ0n) is 22.5. The molecular weight excluding hydrogens is 472 g/mol. The zero-order valence-corrected chi connectivity index (χ0v) is 22.5. The van der Waals surface area contributed by atoms with Crippen LogP contribution >= 0.6 is 0 Å². The third-order valence-corrected chi connectivity index (χ3v) is 8.69. The lowest BCUT2D eigenvalue weighted by Gasteiger charge is -2.35. The van der Waals surface area contributed by atoms with Crippen LogP contribution in [-0.2, 0) is 35.0 Å². The maximum atomic E-state index is 6.64. The maximum absolute atomic E-state index is 6.64. The first-order valence-electron chi connectivity index (χ1n) is 14.7. The van der Waals surface area contributed by atoms with Gasteiger partial charge in [-0.05, 0) is 55.7 Å². The summed E-state index contributed by atoms with van der Waals surface area (Å²) >= 11 is 0. The van der Waals surface area contributed by atoms with E-state index in [-0.39, 0.29) is 24.4 Å². The fourth-order valence-corrected chi connectivity index (χ4v) is 6.55. The summed E-state index contributed by atoms with van der Waals surface area (Å²) in [4.78, 5) is 0. The van der Waals surface area contributed by atoms with Gasteiger partial charge in [0.05, 0.1) is 19.8 Å². The lowest BCUT2D eigenvalue weighted by molar-refractivity contribution is -0.263. The second kappa shape index (κ2) is 11.1. The van der Waals surface area contributed by atoms with Crippen molar-refractivity contribution >= 4 is 0 Å². The molecule has 2 spiro atoms. The van der Waals surface area contributed by atoms with Crippen molar-refractivity contribution in [3.8, 4) is 5.75 Å². The number of benzene rings is 1. The molecule has 5 fully saturated rings. The zero-order chi connectivity index (χ0) is 25.3. The first kappa shape index (κ1) is 26.0. The van der Waals surface area contributed by atoms with E-state index in [2.05, 4.69) is 26.0 Å². The van der Waals surface area contributed by atoms with Crippen molar-refractivity contribution in [3.63, 3.8) is 0 Å². The Kier molecular flexibility index (Phi) is 7.81. The Bertz CT molecular complexity index is 874. The molecule has 0 bridgehead atoms. The molecule has 206 valence electrons. The monoisotopic (exact) mass is 516 g/mol. The summed E-state index contributed by atoms with van der Waals surface area (Å²) in [6.07, 6.45) is 10.4. The molecule has 37 heavy (non-hydrogen) atoms. The van der Waals surface area contributed by atoms with Crippen LogP contribution in [0.3, 0.4) is 0 Å². The Hall–Kier alpha value is -1.22. The Balaban J connectivity index is 1.12. The molecule has 6 rings (SSSR count). The van der Waals surface area contributed by atoms with Gasteiger partial charge in [-0.1, -0.05) is 38.8 Å². The lowest BCUT2D eigenvalue weighted by atomic mass is 9.94. The van der Waals surface area contributed by atoms with Gasteiger partial charge in [0.1, 0.15) is 30.2 Å². The molecule has 0 N–H and O–H groups in total. The molecule has 3 aliphatic heterocycles. The minimum absolute atomic E-state index is 0.181. The molecule has 2 saturated carbocycles. The Morgan fingerprint density at radius 2 is 1.54 bits per heavy atom. The van der Waals surface area contributed by atoms with E-state index < -0.39 is 17.9 Å². The van der Waals surface area contributed by atoms with Crippen LogP contribution < -0.4 is 4.74 Å². The molecule has 1 aromatic rings. The smallest absolute Gasteiger partial charge is 0.190 e. The largest absolute Gasteiger partial charge is 0.494 e. The minimum atomic E-state index is -0.521. The molecule has 3 heterocycles. The van der Waals surface area contributed by atoms with Crippen LogP contribution in [0.2, 0.25) is 0 Å². The average Bonchev–Trinajstić information content (AvgIpc) is 3.55. The van der Waals surface area contributed by atoms with Gasteiger partial charge >= 0.3 is 0 Å². The normalized spacial score (nSPS) is 34.4. The van der Waals surface area contributed by atoms with E-state index in [0.717, 1.165) is 75.7 Å². The minimum Gasteiger partial charge on any atom is -0.494 e. The lowest BCUT2D eigenvalue weighted by Crippen LogP contribution is -2.45. The van der Waals surface area contributed by atoms with E-state index in [0.29, 0.717) is 19.1 Å². The topological polar surface area (TPSA) is 64.6 Å². The van der Waals surface area contributed by atoms with Crippen molar-refractivity contribution in [2.24, 2.45) is 5.92 Å². The SMILES string of the molecule is CC(C)CCOc1ccc(CO[C@H]2[C@@H]3OC4(CCCCC4)O[C@@H]3O[C@H]2[C@@H]2COC3(CCCCC3)O2)cc1. The highest BCUT2D eigenvalue weighted by Crippen LogP contribution is 2.48. The maximum Gasteiger partial charge on any atom is 0.190 e. The van der Waals surface area contributed by atoms with Gasteiger partial charge in [-0.2, -0.15) is 0 Å². The molecule has 3 saturated heterocycles. The summed E-state index contributed by atoms with van der Waals surface area (Å²) in [6.45, 7) is 6.15. The highest BCUT2D eigenvalue weighted by atomic mass is 16.9. The number of hydrogen-bond acceptors (Lipinski definition) is 7. The Labute approximate surface area is 221 Å². The fourth-order valence-electron chi connectivity index (χ4n) is 6.55. The van der Waals surface area contributed by atoms with Crippen LogP contribution in [0.5, 0.6) is 5.75 Å². The van der Waals surface area contributed by atoms with Crippen molar-refractivity contribution in [2.45, 2.75) is 133 Å². The standard InChI is InChI=1S/C30H44O7/c1-21(2)13-18-31-23-11-9-22(10-12-23)19-32-26-25(24-20-33-29(35-24)14-5-3-6-15-29)34-28-27(26)36-30(37-28)16-7-4-8-17-30/h9-12,21,24-28H,3-8,13-20H2,1-2H3/t24-,25-,26+,27-,28-/m0/s1. The molecule has 7 nitrogen and oxygen atoms in total. The molecule has 2 aliphatic carbocycles. The van der Waals surface area contributed by atoms with Crippen molar-refractivity contribution in [2.75, 3.05) is 13.2 Å². The van der Waals surface area contributed by atoms with Gasteiger partial charge in [0, 0.05) is 25.7 Å². The predicted molar refractivity (Wildman–Crippen MR) is 137 cm³/mol. The summed E-state index contributed by atoms with van der Waals surface area (Å²) in [5.41, 5.74) is 1.09. The summed E-state index contributed by atoms with van der Waals surface area (Å²) in [7, 11) is 0. The van der Waals surface area contributed by atoms with E-state index in [4.69, 9.17) is 33.2 Å². The van der Waals surface area contributed by atoms with E-state index in [9.17, 15) is 0 Å². The first-order chi connectivity index (χ1) is 18.0. The Morgan fingerprint density at radius 3 is 2.24 bits per heavy atom. The van der Waals surface area contributed by atoms with E-state index in [1.165, 1.54) is 12.8 Å². The molecule has 0 aromatic heterocycles. The van der Waals surface area contributed by atoms with Gasteiger partial charge in [0.2, 0.25) is 0 Å². The van der Waals surface area contributed by atoms with Crippen molar-refractivity contribution in [1.82, 2.24) is 0 Å². The summed E-state index contributed by atoms with van der Waals surface area (Å²) in [5, 5.41) is 0. The predicted octanol–water partition coefficient (Wildman–Crippen LogP) is 5.87. The first-order valence-corrected chi connectivity index (χ1v) is 14.7. The number of fused-ring (bicyclic) bond motifs is 1. The number of rotatable bonds is 8. The second-order valence-electron chi connectivity index (χ2n) is 12.0. The number of hydrogen-bond donors (Lipinski definition) is 0. The van der Waals surface area contributed by atoms with E-state index in [1.807, 2.05) is 12.1 Å². The van der Waals surface area contributed by atoms with Crippen LogP contribution in [0.4, 0.5) is 0 Å². The molecule has 0 amide bonds. The van der Waals surface area contributed by atoms with Crippen LogP contribution in [-0.4, -0.2) is 55.5 Å². The van der Waals surface area contributed by atoms with Gasteiger partial charge in [-0.25, -0.2) is 0 Å². The van der Waals surface area contributed by atoms with Crippen LogP contribution in [0.25, 0.3) is 0 Å². The summed E-state index contributed by atoms with van der Waals surface area (Å²) in [6, 6.07) is 8.20. The van der Waals surface area contributed by atoms with Crippen molar-refractivity contribution in [1.29, 1.82) is 0 Å². The number of ether oxygens (including phenoxy) is 7. The van der Waals surface area contributed by atoms with Crippen molar-refractivity contribution in [3.05, 3.63) is 29.8 Å². The highest BCUT2D eigenvalue weighted by Gasteiger charge is 2.61. The third-order valence-electron chi connectivity index (χ3n) is 8.69. The second-order valence-corrected chi connectivity index (χ2v) is 12.0.